The van der Waals surface area contributed by atoms with Crippen molar-refractivity contribution in [2.75, 3.05) is 0 Å². The van der Waals surface area contributed by atoms with Crippen molar-refractivity contribution in [3.63, 3.8) is 0 Å². The van der Waals surface area contributed by atoms with Crippen LogP contribution in [0, 0.1) is 0 Å². The summed E-state index contributed by atoms with van der Waals surface area (Å²) in [5.41, 5.74) is 1.24. The predicted molar refractivity (Wildman–Crippen MR) is 61.8 cm³/mol. The van der Waals surface area contributed by atoms with Crippen LogP contribution in [0.2, 0.25) is 6.55 Å². The second-order valence-electron chi connectivity index (χ2n) is 3.47. The van der Waals surface area contributed by atoms with Gasteiger partial charge in [0, 0.05) is 0 Å². The largest absolute Gasteiger partial charge is 0.547 e. The Kier molecular flexibility index (Phi) is 4.01. The van der Waals surface area contributed by atoms with Crippen LogP contribution in [0.3, 0.4) is 0 Å². The first-order chi connectivity index (χ1) is 6.69. The first-order valence-corrected chi connectivity index (χ1v) is 7.13. The molecule has 0 aromatic heterocycles. The number of phenols is 1. The summed E-state index contributed by atoms with van der Waals surface area (Å²) in [7, 11) is -0.513. The molecule has 1 rings (SSSR count). The second-order valence-corrected chi connectivity index (χ2v) is 4.34. The van der Waals surface area contributed by atoms with Gasteiger partial charge >= 0.3 is 0 Å². The number of hydrogen-bond donors (Lipinski definition) is 1. The van der Waals surface area contributed by atoms with Crippen molar-refractivity contribution in [2.24, 2.45) is 0 Å². The Balaban J connectivity index is 2.93. The van der Waals surface area contributed by atoms with Crippen LogP contribution in [-0.2, 0) is 0 Å². The van der Waals surface area contributed by atoms with Gasteiger partial charge < -0.3 is 9.53 Å². The molecular weight excluding hydrogens is 192 g/mol. The van der Waals surface area contributed by atoms with Crippen molar-refractivity contribution in [1.29, 1.82) is 0 Å². The van der Waals surface area contributed by atoms with Crippen molar-refractivity contribution in [3.8, 4) is 11.5 Å². The van der Waals surface area contributed by atoms with E-state index in [4.69, 9.17) is 4.43 Å². The molecule has 0 aliphatic carbocycles. The minimum absolute atomic E-state index is 0.256. The van der Waals surface area contributed by atoms with Gasteiger partial charge in [-0.15, -0.1) is 0 Å². The highest BCUT2D eigenvalue weighted by atomic mass is 28.2. The van der Waals surface area contributed by atoms with Gasteiger partial charge in [-0.25, -0.2) is 0 Å². The van der Waals surface area contributed by atoms with Crippen LogP contribution in [0.5, 0.6) is 11.5 Å². The molecule has 1 unspecified atom stereocenters. The van der Waals surface area contributed by atoms with Gasteiger partial charge in [-0.1, -0.05) is 19.9 Å². The summed E-state index contributed by atoms with van der Waals surface area (Å²) in [5.74, 6) is 1.43. The Labute approximate surface area is 87.9 Å². The highest BCUT2D eigenvalue weighted by Gasteiger charge is 2.07. The first kappa shape index (κ1) is 11.1. The van der Waals surface area contributed by atoms with Gasteiger partial charge in [0.1, 0.15) is 5.75 Å². The van der Waals surface area contributed by atoms with E-state index in [1.807, 2.05) is 12.1 Å². The second kappa shape index (κ2) is 5.05. The molecule has 78 valence electrons. The van der Waals surface area contributed by atoms with E-state index in [-0.39, 0.29) is 5.75 Å². The fourth-order valence-corrected chi connectivity index (χ4v) is 1.89. The molecule has 0 amide bonds. The third kappa shape index (κ3) is 2.51. The smallest absolute Gasteiger partial charge is 0.216 e. The minimum Gasteiger partial charge on any atom is -0.547 e. The van der Waals surface area contributed by atoms with Crippen molar-refractivity contribution >= 4 is 9.76 Å². The summed E-state index contributed by atoms with van der Waals surface area (Å²) in [6.07, 6.45) is 1.10. The Morgan fingerprint density at radius 2 is 2.21 bits per heavy atom. The van der Waals surface area contributed by atoms with Crippen molar-refractivity contribution in [1.82, 2.24) is 0 Å². The summed E-state index contributed by atoms with van der Waals surface area (Å²) >= 11 is 0. The third-order valence-electron chi connectivity index (χ3n) is 2.47. The summed E-state index contributed by atoms with van der Waals surface area (Å²) in [4.78, 5) is 0. The molecule has 0 spiro atoms. The van der Waals surface area contributed by atoms with E-state index in [9.17, 15) is 5.11 Å². The molecule has 3 heteroatoms. The van der Waals surface area contributed by atoms with Crippen molar-refractivity contribution in [3.05, 3.63) is 23.8 Å². The Morgan fingerprint density at radius 3 is 2.79 bits per heavy atom. The van der Waals surface area contributed by atoms with E-state index in [0.29, 0.717) is 11.7 Å². The quantitative estimate of drug-likeness (QED) is 0.773. The molecule has 0 bridgehead atoms. The maximum absolute atomic E-state index is 9.52. The fraction of sp³-hybridized carbons (Fsp3) is 0.455. The van der Waals surface area contributed by atoms with E-state index in [1.54, 1.807) is 6.07 Å². The lowest BCUT2D eigenvalue weighted by molar-refractivity contribution is 0.443. The highest BCUT2D eigenvalue weighted by Crippen LogP contribution is 2.30. The monoisotopic (exact) mass is 210 g/mol. The molecule has 1 aromatic rings. The molecule has 0 heterocycles. The molecule has 0 aliphatic heterocycles. The fourth-order valence-electron chi connectivity index (χ4n) is 1.34. The van der Waals surface area contributed by atoms with Crippen LogP contribution in [0.1, 0.15) is 31.7 Å². The first-order valence-electron chi connectivity index (χ1n) is 5.14. The van der Waals surface area contributed by atoms with Crippen molar-refractivity contribution < 1.29 is 9.53 Å². The normalized spacial score (nSPS) is 13.4. The predicted octanol–water partition coefficient (Wildman–Crippen LogP) is 2.42. The van der Waals surface area contributed by atoms with E-state index >= 15 is 0 Å². The van der Waals surface area contributed by atoms with Crippen LogP contribution >= 0.6 is 0 Å². The zero-order chi connectivity index (χ0) is 10.6. The molecule has 1 aromatic carbocycles. The van der Waals surface area contributed by atoms with Gasteiger partial charge in [-0.3, -0.25) is 0 Å². The topological polar surface area (TPSA) is 29.5 Å². The molecule has 2 nitrogen and oxygen atoms in total. The molecule has 0 saturated heterocycles. The Bertz CT molecular complexity index is 299. The number of phenolic OH excluding ortho intramolecular Hbond substituents is 1. The van der Waals surface area contributed by atoms with Crippen LogP contribution < -0.4 is 4.43 Å². The summed E-state index contributed by atoms with van der Waals surface area (Å²) in [6, 6.07) is 5.65. The molecule has 0 saturated carbocycles. The number of aromatic hydroxyl groups is 1. The number of hydrogen-bond acceptors (Lipinski definition) is 2. The average Bonchev–Trinajstić information content (AvgIpc) is 2.20. The zero-order valence-electron chi connectivity index (χ0n) is 9.08. The zero-order valence-corrected chi connectivity index (χ0v) is 10.5. The summed E-state index contributed by atoms with van der Waals surface area (Å²) in [5, 5.41) is 9.52. The van der Waals surface area contributed by atoms with Gasteiger partial charge in [0.25, 0.3) is 0 Å². The minimum atomic E-state index is -0.513. The van der Waals surface area contributed by atoms with E-state index < -0.39 is 9.76 Å². The molecule has 0 aliphatic rings. The van der Waals surface area contributed by atoms with Gasteiger partial charge in [-0.05, 0) is 36.6 Å². The molecular formula is C11H18O2Si. The lowest BCUT2D eigenvalue weighted by Crippen LogP contribution is -1.98. The lowest BCUT2D eigenvalue weighted by atomic mass is 9.98. The van der Waals surface area contributed by atoms with Crippen LogP contribution in [0.25, 0.3) is 0 Å². The lowest BCUT2D eigenvalue weighted by Gasteiger charge is -2.12. The van der Waals surface area contributed by atoms with Crippen molar-refractivity contribution in [2.45, 2.75) is 32.7 Å². The van der Waals surface area contributed by atoms with Crippen LogP contribution in [0.15, 0.2) is 18.2 Å². The van der Waals surface area contributed by atoms with Gasteiger partial charge in [0.15, 0.2) is 5.75 Å². The SMILES string of the molecule is CCC(C)c1ccc(O)c(O[SiH2]C)c1. The van der Waals surface area contributed by atoms with E-state index in [1.165, 1.54) is 5.56 Å². The third-order valence-corrected chi connectivity index (χ3v) is 3.06. The average molecular weight is 210 g/mol. The maximum atomic E-state index is 9.52. The molecule has 0 radical (unpaired) electrons. The highest BCUT2D eigenvalue weighted by molar-refractivity contribution is 6.26. The molecule has 1 atom stereocenters. The number of benzene rings is 1. The Morgan fingerprint density at radius 1 is 1.50 bits per heavy atom. The van der Waals surface area contributed by atoms with Gasteiger partial charge in [0.2, 0.25) is 9.76 Å². The molecule has 14 heavy (non-hydrogen) atoms. The van der Waals surface area contributed by atoms with Crippen LogP contribution in [0.4, 0.5) is 0 Å². The number of rotatable bonds is 4. The Hall–Kier alpha value is -0.963. The maximum Gasteiger partial charge on any atom is 0.216 e. The summed E-state index contributed by atoms with van der Waals surface area (Å²) < 4.78 is 5.46. The van der Waals surface area contributed by atoms with E-state index in [2.05, 4.69) is 20.4 Å². The molecule has 0 fully saturated rings. The van der Waals surface area contributed by atoms with Gasteiger partial charge in [0.05, 0.1) is 0 Å². The standard InChI is InChI=1S/C11H18O2Si/c1-4-8(2)9-5-6-10(12)11(7-9)13-14-3/h5-8,12H,4,14H2,1-3H3. The molecule has 1 N–H and O–H groups in total. The van der Waals surface area contributed by atoms with E-state index in [0.717, 1.165) is 6.42 Å². The van der Waals surface area contributed by atoms with Gasteiger partial charge in [-0.2, -0.15) is 0 Å². The van der Waals surface area contributed by atoms with Crippen LogP contribution in [-0.4, -0.2) is 14.9 Å². The summed E-state index contributed by atoms with van der Waals surface area (Å²) in [6.45, 7) is 6.39.